The number of nitrogens with one attached hydrogen (secondary N) is 1. The van der Waals surface area contributed by atoms with Crippen LogP contribution in [0.3, 0.4) is 0 Å². The van der Waals surface area contributed by atoms with Crippen molar-refractivity contribution in [2.45, 2.75) is 26.2 Å². The number of aromatic nitrogens is 1. The van der Waals surface area contributed by atoms with Crippen LogP contribution >= 0.6 is 0 Å². The van der Waals surface area contributed by atoms with Crippen molar-refractivity contribution in [3.8, 4) is 0 Å². The molecule has 0 spiro atoms. The Morgan fingerprint density at radius 3 is 2.67 bits per heavy atom. The van der Waals surface area contributed by atoms with Crippen LogP contribution in [-0.4, -0.2) is 42.2 Å². The van der Waals surface area contributed by atoms with Crippen LogP contribution in [0.4, 0.5) is 0 Å². The van der Waals surface area contributed by atoms with Gasteiger partial charge < -0.3 is 15.2 Å². The van der Waals surface area contributed by atoms with E-state index in [1.807, 2.05) is 0 Å². The largest absolute Gasteiger partial charge is 0.478 e. The summed E-state index contributed by atoms with van der Waals surface area (Å²) in [4.78, 5) is 27.1. The van der Waals surface area contributed by atoms with Gasteiger partial charge in [-0.3, -0.25) is 4.79 Å². The summed E-state index contributed by atoms with van der Waals surface area (Å²) in [6.07, 6.45) is 3.14. The number of amides is 1. The summed E-state index contributed by atoms with van der Waals surface area (Å²) < 4.78 is 5.08. The van der Waals surface area contributed by atoms with Gasteiger partial charge in [0, 0.05) is 20.3 Å². The van der Waals surface area contributed by atoms with Crippen molar-refractivity contribution >= 4 is 11.9 Å². The van der Waals surface area contributed by atoms with Crippen LogP contribution in [0.25, 0.3) is 0 Å². The number of methoxy groups -OCH3 is 1. The first-order chi connectivity index (χ1) is 9.97. The van der Waals surface area contributed by atoms with Crippen LogP contribution in [-0.2, 0) is 4.74 Å². The molecule has 0 aromatic carbocycles. The molecule has 21 heavy (non-hydrogen) atoms. The molecule has 1 aromatic heterocycles. The van der Waals surface area contributed by atoms with E-state index in [-0.39, 0.29) is 22.6 Å². The zero-order valence-electron chi connectivity index (χ0n) is 12.3. The van der Waals surface area contributed by atoms with E-state index in [9.17, 15) is 9.59 Å². The number of hydrogen-bond acceptors (Lipinski definition) is 4. The van der Waals surface area contributed by atoms with Crippen LogP contribution in [0, 0.1) is 12.3 Å². The monoisotopic (exact) mass is 292 g/mol. The third kappa shape index (κ3) is 3.78. The molecule has 1 fully saturated rings. The number of carboxylic acids is 1. The van der Waals surface area contributed by atoms with Crippen molar-refractivity contribution in [2.24, 2.45) is 5.41 Å². The fraction of sp³-hybridized carbons (Fsp3) is 0.533. The van der Waals surface area contributed by atoms with Gasteiger partial charge in [0.2, 0.25) is 0 Å². The molecule has 1 aliphatic carbocycles. The maximum Gasteiger partial charge on any atom is 0.337 e. The Hall–Kier alpha value is -1.95. The molecular weight excluding hydrogens is 272 g/mol. The molecule has 114 valence electrons. The lowest BCUT2D eigenvalue weighted by Crippen LogP contribution is -2.31. The maximum atomic E-state index is 12.1. The number of carboxylic acid groups (broad SMARTS) is 1. The van der Waals surface area contributed by atoms with E-state index in [4.69, 9.17) is 9.84 Å². The van der Waals surface area contributed by atoms with E-state index in [2.05, 4.69) is 10.3 Å². The quantitative estimate of drug-likeness (QED) is 0.797. The molecule has 1 heterocycles. The molecule has 6 nitrogen and oxygen atoms in total. The number of ether oxygens (including phenoxy) is 1. The zero-order chi connectivity index (χ0) is 15.5. The standard InChI is InChI=1S/C15H20N2O4/c1-10-11(14(19)20)3-4-12(17-10)13(18)16-9-15(5-6-15)7-8-21-2/h3-4H,5-9H2,1-2H3,(H,16,18)(H,19,20). The maximum absolute atomic E-state index is 12.1. The van der Waals surface area contributed by atoms with Crippen molar-refractivity contribution in [1.82, 2.24) is 10.3 Å². The Balaban J connectivity index is 1.95. The third-order valence-corrected chi connectivity index (χ3v) is 3.97. The molecule has 1 aliphatic rings. The predicted molar refractivity (Wildman–Crippen MR) is 76.4 cm³/mol. The van der Waals surface area contributed by atoms with Gasteiger partial charge in [-0.1, -0.05) is 0 Å². The van der Waals surface area contributed by atoms with Gasteiger partial charge in [0.25, 0.3) is 5.91 Å². The highest BCUT2D eigenvalue weighted by molar-refractivity contribution is 5.94. The predicted octanol–water partition coefficient (Wildman–Crippen LogP) is 1.63. The van der Waals surface area contributed by atoms with Crippen LogP contribution in [0.2, 0.25) is 0 Å². The normalized spacial score (nSPS) is 15.5. The number of nitrogens with zero attached hydrogens (tertiary/aromatic N) is 1. The molecule has 2 rings (SSSR count). The second-order valence-corrected chi connectivity index (χ2v) is 5.56. The third-order valence-electron chi connectivity index (χ3n) is 3.97. The topological polar surface area (TPSA) is 88.5 Å². The van der Waals surface area contributed by atoms with Crippen LogP contribution in [0.1, 0.15) is 45.8 Å². The smallest absolute Gasteiger partial charge is 0.337 e. The molecule has 0 radical (unpaired) electrons. The van der Waals surface area contributed by atoms with Gasteiger partial charge in [-0.15, -0.1) is 0 Å². The molecule has 0 saturated heterocycles. The minimum Gasteiger partial charge on any atom is -0.478 e. The summed E-state index contributed by atoms with van der Waals surface area (Å²) in [5.74, 6) is -1.30. The van der Waals surface area contributed by atoms with Gasteiger partial charge in [0.05, 0.1) is 11.3 Å². The Kier molecular flexibility index (Phi) is 4.57. The molecule has 0 unspecified atom stereocenters. The zero-order valence-corrected chi connectivity index (χ0v) is 12.3. The van der Waals surface area contributed by atoms with Gasteiger partial charge in [-0.05, 0) is 43.7 Å². The first-order valence-electron chi connectivity index (χ1n) is 6.95. The van der Waals surface area contributed by atoms with Crippen LogP contribution in [0.5, 0.6) is 0 Å². The average Bonchev–Trinajstić information content (AvgIpc) is 3.22. The van der Waals surface area contributed by atoms with Crippen molar-refractivity contribution in [3.63, 3.8) is 0 Å². The highest BCUT2D eigenvalue weighted by Gasteiger charge is 2.42. The number of carbonyl (C=O) groups is 2. The number of carbonyl (C=O) groups excluding carboxylic acids is 1. The Bertz CT molecular complexity index is 553. The molecule has 1 aromatic rings. The van der Waals surface area contributed by atoms with Gasteiger partial charge in [0.1, 0.15) is 5.69 Å². The number of rotatable bonds is 7. The first-order valence-corrected chi connectivity index (χ1v) is 6.95. The van der Waals surface area contributed by atoms with E-state index >= 15 is 0 Å². The van der Waals surface area contributed by atoms with Crippen molar-refractivity contribution in [1.29, 1.82) is 0 Å². The number of aromatic carboxylic acids is 1. The van der Waals surface area contributed by atoms with Crippen molar-refractivity contribution in [3.05, 3.63) is 29.1 Å². The van der Waals surface area contributed by atoms with Gasteiger partial charge in [0.15, 0.2) is 0 Å². The first kappa shape index (κ1) is 15.4. The number of hydrogen-bond donors (Lipinski definition) is 2. The van der Waals surface area contributed by atoms with E-state index in [0.717, 1.165) is 19.3 Å². The lowest BCUT2D eigenvalue weighted by Gasteiger charge is -2.15. The highest BCUT2D eigenvalue weighted by Crippen LogP contribution is 2.48. The number of aryl methyl sites for hydroxylation is 1. The molecule has 0 bridgehead atoms. The Morgan fingerprint density at radius 2 is 2.14 bits per heavy atom. The molecule has 0 aliphatic heterocycles. The van der Waals surface area contributed by atoms with Crippen LogP contribution in [0.15, 0.2) is 12.1 Å². The van der Waals surface area contributed by atoms with E-state index in [1.54, 1.807) is 14.0 Å². The van der Waals surface area contributed by atoms with E-state index < -0.39 is 5.97 Å². The second kappa shape index (κ2) is 6.22. The molecule has 1 amide bonds. The molecule has 2 N–H and O–H groups in total. The summed E-state index contributed by atoms with van der Waals surface area (Å²) in [6.45, 7) is 2.89. The van der Waals surface area contributed by atoms with Gasteiger partial charge >= 0.3 is 5.97 Å². The lowest BCUT2D eigenvalue weighted by atomic mass is 10.0. The molecular formula is C15H20N2O4. The number of pyridine rings is 1. The van der Waals surface area contributed by atoms with E-state index in [0.29, 0.717) is 18.8 Å². The summed E-state index contributed by atoms with van der Waals surface area (Å²) in [5, 5.41) is 11.8. The SMILES string of the molecule is COCCC1(CNC(=O)c2ccc(C(=O)O)c(C)n2)CC1. The second-order valence-electron chi connectivity index (χ2n) is 5.56. The fourth-order valence-corrected chi connectivity index (χ4v) is 2.28. The fourth-order valence-electron chi connectivity index (χ4n) is 2.28. The Morgan fingerprint density at radius 1 is 1.43 bits per heavy atom. The van der Waals surface area contributed by atoms with Crippen molar-refractivity contribution in [2.75, 3.05) is 20.3 Å². The summed E-state index contributed by atoms with van der Waals surface area (Å²) in [6, 6.07) is 2.86. The van der Waals surface area contributed by atoms with Crippen molar-refractivity contribution < 1.29 is 19.4 Å². The lowest BCUT2D eigenvalue weighted by molar-refractivity contribution is 0.0694. The van der Waals surface area contributed by atoms with Crippen LogP contribution < -0.4 is 5.32 Å². The molecule has 0 atom stereocenters. The highest BCUT2D eigenvalue weighted by atomic mass is 16.5. The average molecular weight is 292 g/mol. The Labute approximate surface area is 123 Å². The molecule has 1 saturated carbocycles. The van der Waals surface area contributed by atoms with E-state index in [1.165, 1.54) is 12.1 Å². The summed E-state index contributed by atoms with van der Waals surface area (Å²) >= 11 is 0. The summed E-state index contributed by atoms with van der Waals surface area (Å²) in [7, 11) is 1.67. The minimum absolute atomic E-state index is 0.116. The van der Waals surface area contributed by atoms with Gasteiger partial charge in [-0.2, -0.15) is 0 Å². The molecule has 6 heteroatoms. The van der Waals surface area contributed by atoms with Gasteiger partial charge in [-0.25, -0.2) is 9.78 Å². The minimum atomic E-state index is -1.04. The summed E-state index contributed by atoms with van der Waals surface area (Å²) in [5.41, 5.74) is 0.878.